The molecule has 5 heteroatoms. The number of nitrogens with zero attached hydrogens (tertiary/aromatic N) is 2. The summed E-state index contributed by atoms with van der Waals surface area (Å²) in [6.45, 7) is 2.05. The van der Waals surface area contributed by atoms with Crippen LogP contribution in [0.3, 0.4) is 0 Å². The number of halogens is 1. The fraction of sp³-hybridized carbons (Fsp3) is 0.0435. The number of aromatic nitrogens is 1. The predicted molar refractivity (Wildman–Crippen MR) is 115 cm³/mol. The van der Waals surface area contributed by atoms with E-state index in [0.717, 1.165) is 22.6 Å². The van der Waals surface area contributed by atoms with Crippen molar-refractivity contribution in [3.8, 4) is 28.7 Å². The molecule has 0 aliphatic carbocycles. The standard InChI is InChI=1S/C23H15ClN2OS/c1-15-2-4-17(5-3-15)22-11-10-20(27-22)12-18(13-25)23-26-21(14-28-23)16-6-8-19(24)9-7-16/h2-12,14H,1H3/b18-12+. The molecule has 3 nitrogen and oxygen atoms in total. The minimum absolute atomic E-state index is 0.468. The molecule has 0 saturated carbocycles. The van der Waals surface area contributed by atoms with Gasteiger partial charge in [0, 0.05) is 27.6 Å². The highest BCUT2D eigenvalue weighted by Gasteiger charge is 2.11. The smallest absolute Gasteiger partial charge is 0.134 e. The quantitative estimate of drug-likeness (QED) is 0.342. The van der Waals surface area contributed by atoms with Gasteiger partial charge in [-0.2, -0.15) is 5.26 Å². The second-order valence-corrected chi connectivity index (χ2v) is 7.58. The van der Waals surface area contributed by atoms with Crippen LogP contribution in [0.1, 0.15) is 16.3 Å². The van der Waals surface area contributed by atoms with Crippen molar-refractivity contribution in [1.82, 2.24) is 4.98 Å². The number of furan rings is 1. The van der Waals surface area contributed by atoms with Gasteiger partial charge in [0.25, 0.3) is 0 Å². The number of allylic oxidation sites excluding steroid dienone is 1. The number of aryl methyl sites for hydroxylation is 1. The Bertz CT molecular complexity index is 1180. The topological polar surface area (TPSA) is 49.8 Å². The van der Waals surface area contributed by atoms with Crippen LogP contribution in [-0.4, -0.2) is 4.98 Å². The lowest BCUT2D eigenvalue weighted by Crippen LogP contribution is -1.82. The summed E-state index contributed by atoms with van der Waals surface area (Å²) in [4.78, 5) is 4.60. The maximum atomic E-state index is 9.60. The van der Waals surface area contributed by atoms with Gasteiger partial charge in [0.2, 0.25) is 0 Å². The van der Waals surface area contributed by atoms with Crippen LogP contribution in [0.5, 0.6) is 0 Å². The third-order valence-electron chi connectivity index (χ3n) is 4.24. The number of thiazole rings is 1. The SMILES string of the molecule is Cc1ccc(-c2ccc(/C=C(\C#N)c3nc(-c4ccc(Cl)cc4)cs3)o2)cc1. The fourth-order valence-electron chi connectivity index (χ4n) is 2.74. The van der Waals surface area contributed by atoms with Gasteiger partial charge >= 0.3 is 0 Å². The molecule has 4 rings (SSSR count). The van der Waals surface area contributed by atoms with Crippen molar-refractivity contribution in [2.45, 2.75) is 6.92 Å². The van der Waals surface area contributed by atoms with Crippen molar-refractivity contribution in [2.75, 3.05) is 0 Å². The first-order chi connectivity index (χ1) is 13.6. The van der Waals surface area contributed by atoms with Crippen LogP contribution in [0.4, 0.5) is 0 Å². The summed E-state index contributed by atoms with van der Waals surface area (Å²) in [5.41, 5.74) is 4.45. The molecule has 2 aromatic carbocycles. The van der Waals surface area contributed by atoms with Gasteiger partial charge in [0.05, 0.1) is 11.3 Å². The zero-order valence-corrected chi connectivity index (χ0v) is 16.6. The summed E-state index contributed by atoms with van der Waals surface area (Å²) in [6.07, 6.45) is 1.72. The van der Waals surface area contributed by atoms with E-state index in [1.54, 1.807) is 6.08 Å². The summed E-state index contributed by atoms with van der Waals surface area (Å²) in [5, 5.41) is 12.9. The average molecular weight is 403 g/mol. The zero-order chi connectivity index (χ0) is 19.5. The van der Waals surface area contributed by atoms with Crippen molar-refractivity contribution in [3.63, 3.8) is 0 Å². The molecule has 0 amide bonds. The number of nitriles is 1. The Morgan fingerprint density at radius 3 is 2.46 bits per heavy atom. The first kappa shape index (κ1) is 18.2. The van der Waals surface area contributed by atoms with Crippen molar-refractivity contribution in [3.05, 3.63) is 87.4 Å². The minimum atomic E-state index is 0.468. The van der Waals surface area contributed by atoms with E-state index in [2.05, 4.69) is 11.1 Å². The molecule has 136 valence electrons. The zero-order valence-electron chi connectivity index (χ0n) is 15.0. The lowest BCUT2D eigenvalue weighted by atomic mass is 10.1. The summed E-state index contributed by atoms with van der Waals surface area (Å²) < 4.78 is 5.90. The summed E-state index contributed by atoms with van der Waals surface area (Å²) in [6, 6.07) is 21.6. The molecule has 4 aromatic rings. The van der Waals surface area contributed by atoms with Crippen LogP contribution >= 0.6 is 22.9 Å². The van der Waals surface area contributed by atoms with Gasteiger partial charge < -0.3 is 4.42 Å². The van der Waals surface area contributed by atoms with Crippen molar-refractivity contribution < 1.29 is 4.42 Å². The Balaban J connectivity index is 1.61. The lowest BCUT2D eigenvalue weighted by molar-refractivity contribution is 0.572. The van der Waals surface area contributed by atoms with Gasteiger partial charge in [-0.1, -0.05) is 53.6 Å². The van der Waals surface area contributed by atoms with Gasteiger partial charge in [-0.3, -0.25) is 0 Å². The van der Waals surface area contributed by atoms with E-state index in [9.17, 15) is 5.26 Å². The maximum absolute atomic E-state index is 9.60. The highest BCUT2D eigenvalue weighted by atomic mass is 35.5. The summed E-state index contributed by atoms with van der Waals surface area (Å²) in [5.74, 6) is 1.39. The van der Waals surface area contributed by atoms with Crippen LogP contribution in [0.2, 0.25) is 5.02 Å². The van der Waals surface area contributed by atoms with Crippen LogP contribution < -0.4 is 0 Å². The Morgan fingerprint density at radius 2 is 1.75 bits per heavy atom. The predicted octanol–water partition coefficient (Wildman–Crippen LogP) is 7.10. The summed E-state index contributed by atoms with van der Waals surface area (Å²) in [7, 11) is 0. The van der Waals surface area contributed by atoms with E-state index >= 15 is 0 Å². The van der Waals surface area contributed by atoms with E-state index in [4.69, 9.17) is 16.0 Å². The minimum Gasteiger partial charge on any atom is -0.457 e. The van der Waals surface area contributed by atoms with Crippen molar-refractivity contribution >= 4 is 34.6 Å². The molecule has 0 aliphatic heterocycles. The Labute approximate surface area is 172 Å². The van der Waals surface area contributed by atoms with Gasteiger partial charge in [0.1, 0.15) is 22.6 Å². The van der Waals surface area contributed by atoms with E-state index in [-0.39, 0.29) is 0 Å². The molecule has 0 bridgehead atoms. The van der Waals surface area contributed by atoms with Gasteiger partial charge in [-0.25, -0.2) is 4.98 Å². The number of hydrogen-bond donors (Lipinski definition) is 0. The molecule has 0 unspecified atom stereocenters. The second kappa shape index (κ2) is 7.85. The molecule has 0 N–H and O–H groups in total. The van der Waals surface area contributed by atoms with Gasteiger partial charge in [0.15, 0.2) is 0 Å². The monoisotopic (exact) mass is 402 g/mol. The molecule has 0 saturated heterocycles. The van der Waals surface area contributed by atoms with Crippen LogP contribution in [0, 0.1) is 18.3 Å². The molecule has 0 spiro atoms. The van der Waals surface area contributed by atoms with Crippen molar-refractivity contribution in [1.29, 1.82) is 5.26 Å². The van der Waals surface area contributed by atoms with E-state index in [1.807, 2.05) is 73.0 Å². The third-order valence-corrected chi connectivity index (χ3v) is 5.37. The first-order valence-electron chi connectivity index (χ1n) is 8.63. The molecule has 0 fully saturated rings. The molecule has 0 aliphatic rings. The van der Waals surface area contributed by atoms with Crippen LogP contribution in [-0.2, 0) is 0 Å². The molecule has 28 heavy (non-hydrogen) atoms. The highest BCUT2D eigenvalue weighted by molar-refractivity contribution is 7.11. The number of hydrogen-bond acceptors (Lipinski definition) is 4. The molecule has 0 atom stereocenters. The number of benzene rings is 2. The lowest BCUT2D eigenvalue weighted by Gasteiger charge is -1.98. The Kier molecular flexibility index (Phi) is 5.12. The maximum Gasteiger partial charge on any atom is 0.134 e. The third kappa shape index (κ3) is 3.91. The van der Waals surface area contributed by atoms with Crippen LogP contribution in [0.15, 0.2) is 70.5 Å². The van der Waals surface area contributed by atoms with E-state index in [1.165, 1.54) is 16.9 Å². The number of rotatable bonds is 4. The van der Waals surface area contributed by atoms with Crippen LogP contribution in [0.25, 0.3) is 34.2 Å². The largest absolute Gasteiger partial charge is 0.457 e. The first-order valence-corrected chi connectivity index (χ1v) is 9.88. The van der Waals surface area contributed by atoms with E-state index in [0.29, 0.717) is 21.4 Å². The molecule has 0 radical (unpaired) electrons. The van der Waals surface area contributed by atoms with Crippen molar-refractivity contribution in [2.24, 2.45) is 0 Å². The molecular formula is C23H15ClN2OS. The Hall–Kier alpha value is -3.13. The molecular weight excluding hydrogens is 388 g/mol. The highest BCUT2D eigenvalue weighted by Crippen LogP contribution is 2.29. The summed E-state index contributed by atoms with van der Waals surface area (Å²) >= 11 is 7.37. The average Bonchev–Trinajstić information content (AvgIpc) is 3.37. The molecule has 2 aromatic heterocycles. The Morgan fingerprint density at radius 1 is 1.04 bits per heavy atom. The van der Waals surface area contributed by atoms with E-state index < -0.39 is 0 Å². The fourth-order valence-corrected chi connectivity index (χ4v) is 3.66. The second-order valence-electron chi connectivity index (χ2n) is 6.28. The normalized spacial score (nSPS) is 11.4. The van der Waals surface area contributed by atoms with Gasteiger partial charge in [-0.05, 0) is 31.2 Å². The molecule has 2 heterocycles. The van der Waals surface area contributed by atoms with Gasteiger partial charge in [-0.15, -0.1) is 11.3 Å².